The molecule has 0 heterocycles. The van der Waals surface area contributed by atoms with Crippen LogP contribution >= 0.6 is 0 Å². The average molecular weight is 334 g/mol. The largest absolute Gasteiger partial charge is 0.493 e. The Morgan fingerprint density at radius 2 is 1.21 bits per heavy atom. The van der Waals surface area contributed by atoms with Crippen LogP contribution < -0.4 is 9.47 Å². The minimum atomic E-state index is -0.612. The lowest BCUT2D eigenvalue weighted by atomic mass is 9.85. The van der Waals surface area contributed by atoms with E-state index in [0.29, 0.717) is 11.1 Å². The number of methoxy groups -OCH3 is 2. The standard InChI is InChI=1S/C19H20F2O3/c1-11(13-7-5-9-15(20)18(13)23-3)17(22)12(2)14-8-6-10-16(21)19(14)24-4/h5-12H,1-4H3. The first-order chi connectivity index (χ1) is 11.4. The third-order valence-corrected chi connectivity index (χ3v) is 4.19. The van der Waals surface area contributed by atoms with Gasteiger partial charge in [0.15, 0.2) is 23.1 Å². The van der Waals surface area contributed by atoms with Gasteiger partial charge in [-0.05, 0) is 12.1 Å². The van der Waals surface area contributed by atoms with Crippen LogP contribution in [0.15, 0.2) is 36.4 Å². The molecule has 2 atom stereocenters. The first kappa shape index (κ1) is 17.9. The zero-order valence-electron chi connectivity index (χ0n) is 14.1. The van der Waals surface area contributed by atoms with Crippen LogP contribution in [-0.4, -0.2) is 20.0 Å². The first-order valence-corrected chi connectivity index (χ1v) is 7.60. The molecule has 2 aromatic carbocycles. The summed E-state index contributed by atoms with van der Waals surface area (Å²) >= 11 is 0. The van der Waals surface area contributed by atoms with Gasteiger partial charge in [-0.15, -0.1) is 0 Å². The molecule has 5 heteroatoms. The number of ether oxygens (including phenoxy) is 2. The van der Waals surface area contributed by atoms with Crippen molar-refractivity contribution in [3.8, 4) is 11.5 Å². The van der Waals surface area contributed by atoms with Gasteiger partial charge in [0.05, 0.1) is 14.2 Å². The van der Waals surface area contributed by atoms with Crippen LogP contribution in [0.2, 0.25) is 0 Å². The molecule has 0 radical (unpaired) electrons. The van der Waals surface area contributed by atoms with Crippen molar-refractivity contribution in [2.24, 2.45) is 0 Å². The van der Waals surface area contributed by atoms with E-state index in [4.69, 9.17) is 9.47 Å². The van der Waals surface area contributed by atoms with Gasteiger partial charge in [0.1, 0.15) is 5.78 Å². The molecule has 0 aliphatic carbocycles. The van der Waals surface area contributed by atoms with Crippen molar-refractivity contribution in [1.82, 2.24) is 0 Å². The number of ketones is 1. The Labute approximate surface area is 140 Å². The Kier molecular flexibility index (Phi) is 5.54. The number of hydrogen-bond donors (Lipinski definition) is 0. The predicted molar refractivity (Wildman–Crippen MR) is 87.7 cm³/mol. The van der Waals surface area contributed by atoms with E-state index < -0.39 is 23.5 Å². The van der Waals surface area contributed by atoms with Gasteiger partial charge in [0.25, 0.3) is 0 Å². The Bertz CT molecular complexity index is 682. The molecule has 128 valence electrons. The van der Waals surface area contributed by atoms with Crippen LogP contribution in [0.4, 0.5) is 8.78 Å². The maximum Gasteiger partial charge on any atom is 0.165 e. The van der Waals surface area contributed by atoms with E-state index in [0.717, 1.165) is 0 Å². The maximum absolute atomic E-state index is 13.9. The minimum Gasteiger partial charge on any atom is -0.493 e. The number of para-hydroxylation sites is 2. The van der Waals surface area contributed by atoms with Crippen LogP contribution in [-0.2, 0) is 4.79 Å². The van der Waals surface area contributed by atoms with Gasteiger partial charge in [-0.25, -0.2) is 8.78 Å². The second kappa shape index (κ2) is 7.43. The summed E-state index contributed by atoms with van der Waals surface area (Å²) in [5.41, 5.74) is 0.925. The molecule has 24 heavy (non-hydrogen) atoms. The summed E-state index contributed by atoms with van der Waals surface area (Å²) in [6.07, 6.45) is 0. The molecule has 0 bridgehead atoms. The second-order valence-electron chi connectivity index (χ2n) is 5.57. The van der Waals surface area contributed by atoms with Gasteiger partial charge in [0, 0.05) is 23.0 Å². The highest BCUT2D eigenvalue weighted by Crippen LogP contribution is 2.36. The summed E-state index contributed by atoms with van der Waals surface area (Å²) < 4.78 is 37.9. The number of Topliss-reactive ketones (excluding diaryl/α,β-unsaturated/α-hetero) is 1. The van der Waals surface area contributed by atoms with E-state index in [1.807, 2.05) is 0 Å². The van der Waals surface area contributed by atoms with Gasteiger partial charge in [-0.2, -0.15) is 0 Å². The van der Waals surface area contributed by atoms with Gasteiger partial charge in [-0.3, -0.25) is 4.79 Å². The highest BCUT2D eigenvalue weighted by molar-refractivity contribution is 5.92. The monoisotopic (exact) mass is 334 g/mol. The van der Waals surface area contributed by atoms with Crippen molar-refractivity contribution >= 4 is 5.78 Å². The van der Waals surface area contributed by atoms with Gasteiger partial charge >= 0.3 is 0 Å². The van der Waals surface area contributed by atoms with E-state index in [-0.39, 0.29) is 17.3 Å². The minimum absolute atomic E-state index is 0.0526. The fourth-order valence-corrected chi connectivity index (χ4v) is 2.85. The normalized spacial score (nSPS) is 13.2. The summed E-state index contributed by atoms with van der Waals surface area (Å²) in [4.78, 5) is 12.8. The second-order valence-corrected chi connectivity index (χ2v) is 5.57. The molecule has 0 fully saturated rings. The molecule has 0 spiro atoms. The lowest BCUT2D eigenvalue weighted by Gasteiger charge is -2.21. The summed E-state index contributed by atoms with van der Waals surface area (Å²) in [6, 6.07) is 8.92. The fraction of sp³-hybridized carbons (Fsp3) is 0.316. The zero-order chi connectivity index (χ0) is 17.9. The Balaban J connectivity index is 2.39. The van der Waals surface area contributed by atoms with Gasteiger partial charge in [0.2, 0.25) is 0 Å². The smallest absolute Gasteiger partial charge is 0.165 e. The number of carbonyl (C=O) groups is 1. The van der Waals surface area contributed by atoms with Crippen molar-refractivity contribution < 1.29 is 23.0 Å². The summed E-state index contributed by atoms with van der Waals surface area (Å²) in [6.45, 7) is 3.36. The Morgan fingerprint density at radius 1 is 0.833 bits per heavy atom. The van der Waals surface area contributed by atoms with Crippen LogP contribution in [0.25, 0.3) is 0 Å². The molecule has 0 N–H and O–H groups in total. The molecule has 2 rings (SSSR count). The van der Waals surface area contributed by atoms with Gasteiger partial charge in [-0.1, -0.05) is 38.1 Å². The lowest BCUT2D eigenvalue weighted by molar-refractivity contribution is -0.121. The molecular weight excluding hydrogens is 314 g/mol. The molecule has 0 aliphatic rings. The topological polar surface area (TPSA) is 35.5 Å². The van der Waals surface area contributed by atoms with E-state index in [9.17, 15) is 13.6 Å². The van der Waals surface area contributed by atoms with Crippen LogP contribution in [0.5, 0.6) is 11.5 Å². The maximum atomic E-state index is 13.9. The van der Waals surface area contributed by atoms with Crippen molar-refractivity contribution in [1.29, 1.82) is 0 Å². The van der Waals surface area contributed by atoms with E-state index >= 15 is 0 Å². The number of rotatable bonds is 6. The van der Waals surface area contributed by atoms with Crippen LogP contribution in [0, 0.1) is 11.6 Å². The lowest BCUT2D eigenvalue weighted by Crippen LogP contribution is -2.18. The highest BCUT2D eigenvalue weighted by atomic mass is 19.1. The highest BCUT2D eigenvalue weighted by Gasteiger charge is 2.28. The third-order valence-electron chi connectivity index (χ3n) is 4.19. The quantitative estimate of drug-likeness (QED) is 0.782. The molecule has 0 aliphatic heterocycles. The van der Waals surface area contributed by atoms with Crippen molar-refractivity contribution in [3.05, 3.63) is 59.2 Å². The van der Waals surface area contributed by atoms with Crippen LogP contribution in [0.3, 0.4) is 0 Å². The number of carbonyl (C=O) groups excluding carboxylic acids is 1. The molecule has 0 amide bonds. The van der Waals surface area contributed by atoms with Crippen molar-refractivity contribution in [2.75, 3.05) is 14.2 Å². The number of benzene rings is 2. The molecule has 3 nitrogen and oxygen atoms in total. The summed E-state index contributed by atoms with van der Waals surface area (Å²) in [5, 5.41) is 0. The molecule has 0 saturated heterocycles. The summed E-state index contributed by atoms with van der Waals surface area (Å²) in [5.74, 6) is -2.34. The SMILES string of the molecule is COc1c(F)cccc1C(C)C(=O)C(C)c1cccc(F)c1OC. The molecule has 2 aromatic rings. The van der Waals surface area contributed by atoms with Crippen molar-refractivity contribution in [3.63, 3.8) is 0 Å². The predicted octanol–water partition coefficient (Wildman–Crippen LogP) is 4.46. The molecule has 2 unspecified atom stereocenters. The van der Waals surface area contributed by atoms with E-state index in [2.05, 4.69) is 0 Å². The number of halogens is 2. The summed E-state index contributed by atoms with van der Waals surface area (Å²) in [7, 11) is 2.72. The third kappa shape index (κ3) is 3.25. The van der Waals surface area contributed by atoms with E-state index in [1.54, 1.807) is 26.0 Å². The van der Waals surface area contributed by atoms with Crippen molar-refractivity contribution in [2.45, 2.75) is 25.7 Å². The fourth-order valence-electron chi connectivity index (χ4n) is 2.85. The Hall–Kier alpha value is -2.43. The average Bonchev–Trinajstić information content (AvgIpc) is 2.59. The molecule has 0 aromatic heterocycles. The molecule has 0 saturated carbocycles. The van der Waals surface area contributed by atoms with E-state index in [1.165, 1.54) is 38.5 Å². The van der Waals surface area contributed by atoms with Crippen LogP contribution in [0.1, 0.15) is 36.8 Å². The van der Waals surface area contributed by atoms with Gasteiger partial charge < -0.3 is 9.47 Å². The Morgan fingerprint density at radius 3 is 1.54 bits per heavy atom. The first-order valence-electron chi connectivity index (χ1n) is 7.60. The number of hydrogen-bond acceptors (Lipinski definition) is 3. The zero-order valence-corrected chi connectivity index (χ0v) is 14.1. The molecular formula is C19H20F2O3.